The minimum absolute atomic E-state index is 0.0241. The second-order valence-electron chi connectivity index (χ2n) is 7.57. The summed E-state index contributed by atoms with van der Waals surface area (Å²) in [6.45, 7) is 1.38. The van der Waals surface area contributed by atoms with E-state index in [1.54, 1.807) is 6.07 Å². The smallest absolute Gasteiger partial charge is 0.417 e. The van der Waals surface area contributed by atoms with E-state index in [4.69, 9.17) is 4.74 Å². The summed E-state index contributed by atoms with van der Waals surface area (Å²) in [5.74, 6) is 0.598. The van der Waals surface area contributed by atoms with E-state index in [1.165, 1.54) is 11.6 Å². The van der Waals surface area contributed by atoms with Gasteiger partial charge >= 0.3 is 12.2 Å². The molecule has 0 atom stereocenters. The van der Waals surface area contributed by atoms with Gasteiger partial charge in [-0.2, -0.15) is 13.2 Å². The molecule has 0 bridgehead atoms. The van der Waals surface area contributed by atoms with E-state index in [2.05, 4.69) is 16.4 Å². The molecular formula is C22H22F3N3O2. The number of ether oxygens (including phenoxy) is 1. The number of carbonyl (C=O) groups is 1. The summed E-state index contributed by atoms with van der Waals surface area (Å²) < 4.78 is 43.5. The van der Waals surface area contributed by atoms with E-state index in [-0.39, 0.29) is 11.9 Å². The van der Waals surface area contributed by atoms with E-state index in [9.17, 15) is 18.0 Å². The number of halogens is 3. The SMILES string of the molecule is O=C(NC1CC1)N1CCC(=Cc2cccc(Oc3ccc(C(F)(F)F)cn3)c2)CC1. The van der Waals surface area contributed by atoms with Crippen LogP contribution in [0.15, 0.2) is 48.2 Å². The highest BCUT2D eigenvalue weighted by molar-refractivity contribution is 5.75. The number of pyridine rings is 1. The van der Waals surface area contributed by atoms with Crippen molar-refractivity contribution in [2.45, 2.75) is 37.9 Å². The van der Waals surface area contributed by atoms with Crippen molar-refractivity contribution in [1.82, 2.24) is 15.2 Å². The number of rotatable bonds is 4. The van der Waals surface area contributed by atoms with Crippen molar-refractivity contribution < 1.29 is 22.7 Å². The number of alkyl halides is 3. The highest BCUT2D eigenvalue weighted by atomic mass is 19.4. The molecule has 0 spiro atoms. The van der Waals surface area contributed by atoms with Crippen LogP contribution in [0.4, 0.5) is 18.0 Å². The molecule has 2 aliphatic rings. The van der Waals surface area contributed by atoms with E-state index in [0.29, 0.717) is 24.9 Å². The summed E-state index contributed by atoms with van der Waals surface area (Å²) in [7, 11) is 0. The Morgan fingerprint density at radius 3 is 2.57 bits per heavy atom. The molecule has 1 N–H and O–H groups in total. The van der Waals surface area contributed by atoms with Crippen LogP contribution >= 0.6 is 0 Å². The van der Waals surface area contributed by atoms with Gasteiger partial charge in [0.15, 0.2) is 0 Å². The molecular weight excluding hydrogens is 395 g/mol. The Morgan fingerprint density at radius 1 is 1.17 bits per heavy atom. The number of likely N-dealkylation sites (tertiary alicyclic amines) is 1. The van der Waals surface area contributed by atoms with Gasteiger partial charge in [-0.25, -0.2) is 9.78 Å². The third-order valence-corrected chi connectivity index (χ3v) is 5.11. The lowest BCUT2D eigenvalue weighted by atomic mass is 10.0. The number of urea groups is 1. The summed E-state index contributed by atoms with van der Waals surface area (Å²) in [6, 6.07) is 9.84. The molecule has 2 aromatic rings. The Labute approximate surface area is 172 Å². The molecule has 158 valence electrons. The van der Waals surface area contributed by atoms with Crippen LogP contribution in [0.5, 0.6) is 11.6 Å². The van der Waals surface area contributed by atoms with Crippen molar-refractivity contribution in [3.8, 4) is 11.6 Å². The van der Waals surface area contributed by atoms with Crippen molar-refractivity contribution in [3.63, 3.8) is 0 Å². The van der Waals surface area contributed by atoms with E-state index < -0.39 is 11.7 Å². The molecule has 1 aromatic carbocycles. The molecule has 1 aliphatic heterocycles. The lowest BCUT2D eigenvalue weighted by Crippen LogP contribution is -2.43. The largest absolute Gasteiger partial charge is 0.439 e. The summed E-state index contributed by atoms with van der Waals surface area (Å²) in [4.78, 5) is 17.7. The van der Waals surface area contributed by atoms with Crippen LogP contribution in [0.25, 0.3) is 6.08 Å². The number of aromatic nitrogens is 1. The number of amides is 2. The lowest BCUT2D eigenvalue weighted by molar-refractivity contribution is -0.137. The van der Waals surface area contributed by atoms with Gasteiger partial charge < -0.3 is 15.0 Å². The molecule has 0 radical (unpaired) electrons. The highest BCUT2D eigenvalue weighted by Crippen LogP contribution is 2.30. The average Bonchev–Trinajstić information content (AvgIpc) is 3.52. The Hall–Kier alpha value is -3.03. The second kappa shape index (κ2) is 8.38. The zero-order valence-electron chi connectivity index (χ0n) is 16.3. The summed E-state index contributed by atoms with van der Waals surface area (Å²) in [6.07, 6.45) is 2.17. The van der Waals surface area contributed by atoms with Gasteiger partial charge in [0, 0.05) is 31.4 Å². The number of nitrogens with one attached hydrogen (secondary N) is 1. The number of carbonyl (C=O) groups excluding carboxylic acids is 1. The van der Waals surface area contributed by atoms with Crippen LogP contribution in [0.3, 0.4) is 0 Å². The van der Waals surface area contributed by atoms with E-state index >= 15 is 0 Å². The van der Waals surface area contributed by atoms with Crippen LogP contribution in [0.1, 0.15) is 36.8 Å². The first-order valence-corrected chi connectivity index (χ1v) is 9.93. The number of hydrogen-bond donors (Lipinski definition) is 1. The summed E-state index contributed by atoms with van der Waals surface area (Å²) in [5, 5.41) is 3.01. The quantitative estimate of drug-likeness (QED) is 0.740. The molecule has 2 heterocycles. The fraction of sp³-hybridized carbons (Fsp3) is 0.364. The predicted molar refractivity (Wildman–Crippen MR) is 106 cm³/mol. The number of hydrogen-bond acceptors (Lipinski definition) is 3. The third-order valence-electron chi connectivity index (χ3n) is 5.11. The molecule has 8 heteroatoms. The van der Waals surface area contributed by atoms with Crippen molar-refractivity contribution >= 4 is 12.1 Å². The molecule has 1 aromatic heterocycles. The zero-order chi connectivity index (χ0) is 21.1. The van der Waals surface area contributed by atoms with Gasteiger partial charge in [0.25, 0.3) is 0 Å². The van der Waals surface area contributed by atoms with Crippen LogP contribution in [-0.2, 0) is 6.18 Å². The first-order chi connectivity index (χ1) is 14.4. The van der Waals surface area contributed by atoms with E-state index in [1.807, 2.05) is 23.1 Å². The number of benzene rings is 1. The predicted octanol–water partition coefficient (Wildman–Crippen LogP) is 5.24. The zero-order valence-corrected chi connectivity index (χ0v) is 16.3. The van der Waals surface area contributed by atoms with Gasteiger partial charge in [-0.1, -0.05) is 23.8 Å². The molecule has 30 heavy (non-hydrogen) atoms. The van der Waals surface area contributed by atoms with Crippen LogP contribution in [0.2, 0.25) is 0 Å². The maximum absolute atomic E-state index is 12.6. The molecule has 0 unspecified atom stereocenters. The van der Waals surface area contributed by atoms with Crippen molar-refractivity contribution in [2.24, 2.45) is 0 Å². The van der Waals surface area contributed by atoms with Gasteiger partial charge in [-0.05, 0) is 49.4 Å². The maximum Gasteiger partial charge on any atom is 0.417 e. The number of nitrogens with zero attached hydrogens (tertiary/aromatic N) is 2. The molecule has 5 nitrogen and oxygen atoms in total. The first kappa shape index (κ1) is 20.3. The Bertz CT molecular complexity index is 927. The third kappa shape index (κ3) is 5.31. The van der Waals surface area contributed by atoms with Gasteiger partial charge in [0.2, 0.25) is 5.88 Å². The van der Waals surface area contributed by atoms with Crippen LogP contribution in [-0.4, -0.2) is 35.0 Å². The first-order valence-electron chi connectivity index (χ1n) is 9.93. The normalized spacial score (nSPS) is 16.9. The van der Waals surface area contributed by atoms with Crippen molar-refractivity contribution in [2.75, 3.05) is 13.1 Å². The molecule has 4 rings (SSSR count). The van der Waals surface area contributed by atoms with Gasteiger partial charge in [-0.15, -0.1) is 0 Å². The monoisotopic (exact) mass is 417 g/mol. The summed E-state index contributed by atoms with van der Waals surface area (Å²) >= 11 is 0. The average molecular weight is 417 g/mol. The van der Waals surface area contributed by atoms with Gasteiger partial charge in [0.1, 0.15) is 5.75 Å². The van der Waals surface area contributed by atoms with Crippen molar-refractivity contribution in [1.29, 1.82) is 0 Å². The Morgan fingerprint density at radius 2 is 1.93 bits per heavy atom. The second-order valence-corrected chi connectivity index (χ2v) is 7.57. The Balaban J connectivity index is 1.36. The molecule has 2 amide bonds. The van der Waals surface area contributed by atoms with E-state index in [0.717, 1.165) is 43.5 Å². The molecule has 2 fully saturated rings. The molecule has 1 saturated carbocycles. The van der Waals surface area contributed by atoms with Gasteiger partial charge in [-0.3, -0.25) is 0 Å². The maximum atomic E-state index is 12.6. The fourth-order valence-electron chi connectivity index (χ4n) is 3.27. The Kier molecular flexibility index (Phi) is 5.65. The number of piperidine rings is 1. The van der Waals surface area contributed by atoms with Gasteiger partial charge in [0.05, 0.1) is 5.56 Å². The fourth-order valence-corrected chi connectivity index (χ4v) is 3.27. The summed E-state index contributed by atoms with van der Waals surface area (Å²) in [5.41, 5.74) is 1.37. The lowest BCUT2D eigenvalue weighted by Gasteiger charge is -2.28. The minimum Gasteiger partial charge on any atom is -0.439 e. The molecule has 1 aliphatic carbocycles. The topological polar surface area (TPSA) is 54.5 Å². The molecule has 1 saturated heterocycles. The van der Waals surface area contributed by atoms with Crippen LogP contribution in [0, 0.1) is 0 Å². The highest BCUT2D eigenvalue weighted by Gasteiger charge is 2.30. The van der Waals surface area contributed by atoms with Crippen LogP contribution < -0.4 is 10.1 Å². The standard InChI is InChI=1S/C22H22F3N3O2/c23-22(24,25)17-4-7-20(26-14-17)30-19-3-1-2-16(13-19)12-15-8-10-28(11-9-15)21(29)27-18-5-6-18/h1-4,7,12-14,18H,5-6,8-11H2,(H,27,29). The minimum atomic E-state index is -4.42. The van der Waals surface area contributed by atoms with Crippen molar-refractivity contribution in [3.05, 3.63) is 59.3 Å².